The molecule has 1 aromatic rings. The van der Waals surface area contributed by atoms with E-state index in [2.05, 4.69) is 16.0 Å². The second-order valence-electron chi connectivity index (χ2n) is 5.15. The van der Waals surface area contributed by atoms with E-state index in [0.717, 1.165) is 42.7 Å². The summed E-state index contributed by atoms with van der Waals surface area (Å²) in [6, 6.07) is 5.38. The molecule has 1 aromatic carbocycles. The molecular formula is C15H21N3O2. The maximum Gasteiger partial charge on any atom is 0.241 e. The Hall–Kier alpha value is -1.88. The minimum Gasteiger partial charge on any atom is -0.326 e. The molecule has 20 heavy (non-hydrogen) atoms. The van der Waals surface area contributed by atoms with Crippen molar-refractivity contribution in [3.8, 4) is 0 Å². The van der Waals surface area contributed by atoms with Crippen molar-refractivity contribution in [2.24, 2.45) is 0 Å². The van der Waals surface area contributed by atoms with Crippen LogP contribution in [-0.4, -0.2) is 24.4 Å². The molecule has 0 radical (unpaired) electrons. The van der Waals surface area contributed by atoms with Gasteiger partial charge < -0.3 is 16.0 Å². The molecule has 1 heterocycles. The summed E-state index contributed by atoms with van der Waals surface area (Å²) in [6.45, 7) is 4.24. The van der Waals surface area contributed by atoms with Crippen molar-refractivity contribution in [1.82, 2.24) is 5.32 Å². The fourth-order valence-corrected chi connectivity index (χ4v) is 2.39. The molecule has 1 unspecified atom stereocenters. The Labute approximate surface area is 119 Å². The molecule has 0 aliphatic carbocycles. The summed E-state index contributed by atoms with van der Waals surface area (Å²) >= 11 is 0. The highest BCUT2D eigenvalue weighted by molar-refractivity contribution is 5.97. The molecule has 1 aliphatic rings. The zero-order valence-electron chi connectivity index (χ0n) is 12.0. The molecule has 0 spiro atoms. The van der Waals surface area contributed by atoms with Crippen molar-refractivity contribution < 1.29 is 9.59 Å². The Balaban J connectivity index is 2.08. The predicted molar refractivity (Wildman–Crippen MR) is 79.8 cm³/mol. The van der Waals surface area contributed by atoms with E-state index >= 15 is 0 Å². The molecule has 1 aliphatic heterocycles. The van der Waals surface area contributed by atoms with E-state index in [1.54, 1.807) is 0 Å². The van der Waals surface area contributed by atoms with Gasteiger partial charge in [-0.15, -0.1) is 0 Å². The first kappa shape index (κ1) is 14.5. The first-order chi connectivity index (χ1) is 9.58. The van der Waals surface area contributed by atoms with E-state index in [9.17, 15) is 9.59 Å². The van der Waals surface area contributed by atoms with Crippen molar-refractivity contribution in [2.45, 2.75) is 39.2 Å². The van der Waals surface area contributed by atoms with Crippen LogP contribution in [0.4, 0.5) is 11.4 Å². The van der Waals surface area contributed by atoms with Gasteiger partial charge in [0.05, 0.1) is 6.04 Å². The number of piperidine rings is 1. The van der Waals surface area contributed by atoms with E-state index in [1.165, 1.54) is 6.92 Å². The van der Waals surface area contributed by atoms with E-state index in [-0.39, 0.29) is 17.9 Å². The van der Waals surface area contributed by atoms with Gasteiger partial charge >= 0.3 is 0 Å². The summed E-state index contributed by atoms with van der Waals surface area (Å²) in [5.74, 6) is -0.127. The van der Waals surface area contributed by atoms with E-state index in [4.69, 9.17) is 0 Å². The van der Waals surface area contributed by atoms with Crippen LogP contribution in [0.3, 0.4) is 0 Å². The van der Waals surface area contributed by atoms with Gasteiger partial charge in [0.2, 0.25) is 11.8 Å². The second-order valence-corrected chi connectivity index (χ2v) is 5.15. The molecule has 2 amide bonds. The minimum absolute atomic E-state index is 0.00669. The molecule has 108 valence electrons. The average Bonchev–Trinajstić information content (AvgIpc) is 2.43. The molecule has 5 heteroatoms. The lowest BCUT2D eigenvalue weighted by Gasteiger charge is -2.23. The predicted octanol–water partition coefficient (Wildman–Crippen LogP) is 2.03. The zero-order chi connectivity index (χ0) is 14.5. The number of benzene rings is 1. The Bertz CT molecular complexity index is 508. The van der Waals surface area contributed by atoms with Gasteiger partial charge in [-0.3, -0.25) is 9.59 Å². The zero-order valence-corrected chi connectivity index (χ0v) is 12.0. The third-order valence-electron chi connectivity index (χ3n) is 3.53. The number of hydrogen-bond donors (Lipinski definition) is 3. The first-order valence-electron chi connectivity index (χ1n) is 6.99. The van der Waals surface area contributed by atoms with E-state index < -0.39 is 0 Å². The Kier molecular flexibility index (Phi) is 4.74. The topological polar surface area (TPSA) is 70.2 Å². The van der Waals surface area contributed by atoms with Crippen LogP contribution in [0.5, 0.6) is 0 Å². The molecule has 2 rings (SSSR count). The number of hydrogen-bond acceptors (Lipinski definition) is 3. The van der Waals surface area contributed by atoms with Crippen molar-refractivity contribution in [2.75, 3.05) is 17.2 Å². The van der Waals surface area contributed by atoms with Gasteiger partial charge in [-0.05, 0) is 44.0 Å². The molecule has 1 fully saturated rings. The van der Waals surface area contributed by atoms with Crippen LogP contribution >= 0.6 is 0 Å². The molecule has 0 saturated carbocycles. The summed E-state index contributed by atoms with van der Waals surface area (Å²) in [4.78, 5) is 23.3. The molecule has 1 atom stereocenters. The largest absolute Gasteiger partial charge is 0.326 e. The Morgan fingerprint density at radius 3 is 2.50 bits per heavy atom. The van der Waals surface area contributed by atoms with Crippen LogP contribution in [0.25, 0.3) is 0 Å². The minimum atomic E-state index is -0.120. The third kappa shape index (κ3) is 3.57. The van der Waals surface area contributed by atoms with Gasteiger partial charge in [0.15, 0.2) is 0 Å². The van der Waals surface area contributed by atoms with Crippen molar-refractivity contribution in [1.29, 1.82) is 0 Å². The monoisotopic (exact) mass is 275 g/mol. The number of amides is 2. The van der Waals surface area contributed by atoms with Crippen LogP contribution in [0.1, 0.15) is 31.7 Å². The highest BCUT2D eigenvalue weighted by Gasteiger charge is 2.21. The third-order valence-corrected chi connectivity index (χ3v) is 3.53. The lowest BCUT2D eigenvalue weighted by atomic mass is 10.0. The van der Waals surface area contributed by atoms with Crippen LogP contribution in [0.2, 0.25) is 0 Å². The van der Waals surface area contributed by atoms with Crippen molar-refractivity contribution in [3.05, 3.63) is 23.8 Å². The van der Waals surface area contributed by atoms with Gasteiger partial charge in [0, 0.05) is 18.3 Å². The number of carbonyl (C=O) groups excluding carboxylic acids is 2. The molecule has 1 saturated heterocycles. The standard InChI is InChI=1S/C15H21N3O2/c1-10-12(17-11(2)19)7-5-8-13(10)18-15(20)14-6-3-4-9-16-14/h5,7-8,14,16H,3-4,6,9H2,1-2H3,(H,17,19)(H,18,20). The summed E-state index contributed by atoms with van der Waals surface area (Å²) in [6.07, 6.45) is 3.08. The molecule has 5 nitrogen and oxygen atoms in total. The molecule has 0 aromatic heterocycles. The lowest BCUT2D eigenvalue weighted by Crippen LogP contribution is -2.43. The number of nitrogens with one attached hydrogen (secondary N) is 3. The van der Waals surface area contributed by atoms with Gasteiger partial charge in [0.25, 0.3) is 0 Å². The normalized spacial score (nSPS) is 18.4. The quantitative estimate of drug-likeness (QED) is 0.790. The van der Waals surface area contributed by atoms with Gasteiger partial charge in [-0.1, -0.05) is 12.5 Å². The van der Waals surface area contributed by atoms with Crippen LogP contribution in [0.15, 0.2) is 18.2 Å². The van der Waals surface area contributed by atoms with Crippen LogP contribution in [0, 0.1) is 6.92 Å². The first-order valence-corrected chi connectivity index (χ1v) is 6.99. The highest BCUT2D eigenvalue weighted by Crippen LogP contribution is 2.23. The Morgan fingerprint density at radius 1 is 1.20 bits per heavy atom. The van der Waals surface area contributed by atoms with Crippen LogP contribution < -0.4 is 16.0 Å². The number of carbonyl (C=O) groups is 2. The number of anilines is 2. The highest BCUT2D eigenvalue weighted by atomic mass is 16.2. The molecular weight excluding hydrogens is 254 g/mol. The van der Waals surface area contributed by atoms with Crippen molar-refractivity contribution >= 4 is 23.2 Å². The smallest absolute Gasteiger partial charge is 0.241 e. The molecule has 0 bridgehead atoms. The van der Waals surface area contributed by atoms with E-state index in [0.29, 0.717) is 0 Å². The average molecular weight is 275 g/mol. The van der Waals surface area contributed by atoms with E-state index in [1.807, 2.05) is 25.1 Å². The molecule has 3 N–H and O–H groups in total. The summed E-state index contributed by atoms with van der Waals surface area (Å²) < 4.78 is 0. The second kappa shape index (κ2) is 6.52. The SMILES string of the molecule is CC(=O)Nc1cccc(NC(=O)C2CCCCN2)c1C. The van der Waals surface area contributed by atoms with Gasteiger partial charge in [-0.25, -0.2) is 0 Å². The summed E-state index contributed by atoms with van der Waals surface area (Å²) in [5, 5.41) is 8.92. The maximum atomic E-state index is 12.2. The fourth-order valence-electron chi connectivity index (χ4n) is 2.39. The Morgan fingerprint density at radius 2 is 1.90 bits per heavy atom. The maximum absolute atomic E-state index is 12.2. The fraction of sp³-hybridized carbons (Fsp3) is 0.467. The summed E-state index contributed by atoms with van der Waals surface area (Å²) in [7, 11) is 0. The van der Waals surface area contributed by atoms with Crippen molar-refractivity contribution in [3.63, 3.8) is 0 Å². The van der Waals surface area contributed by atoms with Gasteiger partial charge in [0.1, 0.15) is 0 Å². The lowest BCUT2D eigenvalue weighted by molar-refractivity contribution is -0.118. The number of rotatable bonds is 3. The van der Waals surface area contributed by atoms with Gasteiger partial charge in [-0.2, -0.15) is 0 Å². The summed E-state index contributed by atoms with van der Waals surface area (Å²) in [5.41, 5.74) is 2.34. The van der Waals surface area contributed by atoms with Crippen LogP contribution in [-0.2, 0) is 9.59 Å².